The first-order valence-corrected chi connectivity index (χ1v) is 9.83. The van der Waals surface area contributed by atoms with Crippen LogP contribution in [0.25, 0.3) is 16.9 Å². The van der Waals surface area contributed by atoms with E-state index in [0.717, 1.165) is 34.8 Å². The van der Waals surface area contributed by atoms with Gasteiger partial charge in [0.25, 0.3) is 0 Å². The van der Waals surface area contributed by atoms with Crippen molar-refractivity contribution in [3.8, 4) is 17.0 Å². The van der Waals surface area contributed by atoms with Crippen LogP contribution in [-0.2, 0) is 0 Å². The van der Waals surface area contributed by atoms with Crippen LogP contribution >= 0.6 is 11.8 Å². The zero-order valence-electron chi connectivity index (χ0n) is 14.6. The van der Waals surface area contributed by atoms with Gasteiger partial charge in [0.05, 0.1) is 12.3 Å². The highest BCUT2D eigenvalue weighted by molar-refractivity contribution is 7.99. The summed E-state index contributed by atoms with van der Waals surface area (Å²) in [7, 11) is 0. The number of benzene rings is 1. The average molecular weight is 356 g/mol. The van der Waals surface area contributed by atoms with E-state index in [-0.39, 0.29) is 0 Å². The smallest absolute Gasteiger partial charge is 0.137 e. The Hall–Kier alpha value is -1.98. The van der Waals surface area contributed by atoms with E-state index in [1.54, 1.807) is 0 Å². The summed E-state index contributed by atoms with van der Waals surface area (Å²) in [6.07, 6.45) is 7.60. The monoisotopic (exact) mass is 355 g/mol. The summed E-state index contributed by atoms with van der Waals surface area (Å²) in [5, 5.41) is 0. The maximum absolute atomic E-state index is 5.65. The van der Waals surface area contributed by atoms with Gasteiger partial charge in [0, 0.05) is 22.9 Å². The van der Waals surface area contributed by atoms with Gasteiger partial charge in [-0.05, 0) is 61.5 Å². The Morgan fingerprint density at radius 2 is 1.92 bits per heavy atom. The summed E-state index contributed by atoms with van der Waals surface area (Å²) in [5.41, 5.74) is 8.52. The van der Waals surface area contributed by atoms with E-state index in [1.165, 1.54) is 17.7 Å². The normalized spacial score (nSPS) is 11.1. The van der Waals surface area contributed by atoms with Crippen LogP contribution < -0.4 is 10.5 Å². The highest BCUT2D eigenvalue weighted by atomic mass is 32.2. The second-order valence-corrected chi connectivity index (χ2v) is 7.14. The third-order valence-corrected chi connectivity index (χ3v) is 5.03. The number of nitrogens with zero attached hydrogens (tertiary/aromatic N) is 2. The first kappa shape index (κ1) is 17.8. The number of fused-ring (bicyclic) bond motifs is 1. The molecule has 0 radical (unpaired) electrons. The zero-order valence-corrected chi connectivity index (χ0v) is 15.5. The topological polar surface area (TPSA) is 52.5 Å². The summed E-state index contributed by atoms with van der Waals surface area (Å²) in [6.45, 7) is 3.53. The Bertz CT molecular complexity index is 798. The summed E-state index contributed by atoms with van der Waals surface area (Å²) in [4.78, 5) is 6.01. The van der Waals surface area contributed by atoms with Gasteiger partial charge in [-0.3, -0.25) is 0 Å². The number of rotatable bonds is 9. The second kappa shape index (κ2) is 8.92. The van der Waals surface area contributed by atoms with Crippen LogP contribution in [0.5, 0.6) is 5.75 Å². The van der Waals surface area contributed by atoms with E-state index in [0.29, 0.717) is 13.2 Å². The Kier molecular flexibility index (Phi) is 6.36. The molecule has 0 fully saturated rings. The molecule has 0 bridgehead atoms. The Morgan fingerprint density at radius 1 is 1.08 bits per heavy atom. The molecule has 2 aromatic heterocycles. The number of pyridine rings is 1. The first-order chi connectivity index (χ1) is 12.3. The zero-order chi connectivity index (χ0) is 17.5. The van der Waals surface area contributed by atoms with Crippen molar-refractivity contribution >= 4 is 17.4 Å². The lowest BCUT2D eigenvalue weighted by Crippen LogP contribution is -2.05. The van der Waals surface area contributed by atoms with Crippen molar-refractivity contribution in [1.82, 2.24) is 9.38 Å². The number of imidazole rings is 1. The summed E-state index contributed by atoms with van der Waals surface area (Å²) >= 11 is 1.90. The molecule has 2 N–H and O–H groups in total. The molecule has 0 aliphatic rings. The van der Waals surface area contributed by atoms with Crippen LogP contribution in [0.2, 0.25) is 0 Å². The van der Waals surface area contributed by atoms with E-state index < -0.39 is 0 Å². The highest BCUT2D eigenvalue weighted by Crippen LogP contribution is 2.25. The second-order valence-electron chi connectivity index (χ2n) is 5.97. The van der Waals surface area contributed by atoms with E-state index >= 15 is 0 Å². The minimum absolute atomic E-state index is 0.651. The molecule has 0 saturated carbocycles. The molecule has 5 heteroatoms. The van der Waals surface area contributed by atoms with Crippen molar-refractivity contribution in [2.24, 2.45) is 5.73 Å². The lowest BCUT2D eigenvalue weighted by atomic mass is 10.2. The van der Waals surface area contributed by atoms with Crippen LogP contribution in [-0.4, -0.2) is 28.3 Å². The van der Waals surface area contributed by atoms with E-state index in [2.05, 4.69) is 48.0 Å². The molecule has 0 atom stereocenters. The molecule has 0 aliphatic heterocycles. The fourth-order valence-corrected chi connectivity index (χ4v) is 3.55. The van der Waals surface area contributed by atoms with Crippen molar-refractivity contribution in [1.29, 1.82) is 0 Å². The Morgan fingerprint density at radius 3 is 2.68 bits per heavy atom. The third-order valence-electron chi connectivity index (χ3n) is 3.96. The molecule has 2 heterocycles. The fourth-order valence-electron chi connectivity index (χ4n) is 2.53. The molecule has 0 unspecified atom stereocenters. The van der Waals surface area contributed by atoms with Crippen LogP contribution in [0.3, 0.4) is 0 Å². The minimum Gasteiger partial charge on any atom is -0.494 e. The fraction of sp³-hybridized carbons (Fsp3) is 0.350. The molecule has 3 rings (SSSR count). The first-order valence-electron chi connectivity index (χ1n) is 8.85. The molecular weight excluding hydrogens is 330 g/mol. The van der Waals surface area contributed by atoms with Crippen LogP contribution in [0, 0.1) is 0 Å². The van der Waals surface area contributed by atoms with Gasteiger partial charge in [0.1, 0.15) is 11.4 Å². The number of hydrogen-bond acceptors (Lipinski definition) is 4. The third kappa shape index (κ3) is 4.77. The van der Waals surface area contributed by atoms with Gasteiger partial charge in [0.15, 0.2) is 0 Å². The molecule has 3 aromatic rings. The molecule has 0 saturated heterocycles. The molecule has 1 aromatic carbocycles. The van der Waals surface area contributed by atoms with Gasteiger partial charge < -0.3 is 14.9 Å². The lowest BCUT2D eigenvalue weighted by molar-refractivity contribution is 0.313. The van der Waals surface area contributed by atoms with Gasteiger partial charge in [-0.2, -0.15) is 0 Å². The molecule has 0 spiro atoms. The molecule has 0 amide bonds. The predicted molar refractivity (Wildman–Crippen MR) is 105 cm³/mol. The summed E-state index contributed by atoms with van der Waals surface area (Å²) in [6, 6.07) is 12.3. The average Bonchev–Trinajstić information content (AvgIpc) is 3.06. The van der Waals surface area contributed by atoms with Crippen molar-refractivity contribution in [3.05, 3.63) is 48.8 Å². The molecule has 25 heavy (non-hydrogen) atoms. The maximum atomic E-state index is 5.65. The number of nitrogens with two attached hydrogens (primary N) is 1. The predicted octanol–water partition coefficient (Wildman–Crippen LogP) is 4.62. The van der Waals surface area contributed by atoms with Gasteiger partial charge in [-0.15, -0.1) is 11.8 Å². The van der Waals surface area contributed by atoms with Crippen molar-refractivity contribution in [2.45, 2.75) is 31.1 Å². The van der Waals surface area contributed by atoms with Gasteiger partial charge in [-0.1, -0.05) is 13.3 Å². The number of thioether (sulfide) groups is 1. The number of unbranched alkanes of at least 4 members (excludes halogenated alkanes) is 1. The maximum Gasteiger partial charge on any atom is 0.137 e. The largest absolute Gasteiger partial charge is 0.494 e. The summed E-state index contributed by atoms with van der Waals surface area (Å²) < 4.78 is 7.76. The quantitative estimate of drug-likeness (QED) is 0.449. The molecule has 4 nitrogen and oxygen atoms in total. The highest BCUT2D eigenvalue weighted by Gasteiger charge is 2.06. The minimum atomic E-state index is 0.651. The van der Waals surface area contributed by atoms with Gasteiger partial charge in [-0.25, -0.2) is 4.98 Å². The van der Waals surface area contributed by atoms with E-state index in [4.69, 9.17) is 15.5 Å². The van der Waals surface area contributed by atoms with Crippen LogP contribution in [0.1, 0.15) is 26.2 Å². The summed E-state index contributed by atoms with van der Waals surface area (Å²) in [5.74, 6) is 2.03. The van der Waals surface area contributed by atoms with E-state index in [1.807, 2.05) is 23.9 Å². The van der Waals surface area contributed by atoms with Gasteiger partial charge in [0.2, 0.25) is 0 Å². The van der Waals surface area contributed by atoms with Crippen molar-refractivity contribution < 1.29 is 4.74 Å². The Balaban J connectivity index is 1.72. The van der Waals surface area contributed by atoms with Crippen LogP contribution in [0.15, 0.2) is 53.7 Å². The number of ether oxygens (including phenoxy) is 1. The standard InChI is InChI=1S/C20H25N3OS/c1-2-3-13-25-18-9-10-20-22-19(15-23(20)14-18)16-5-7-17(8-6-16)24-12-4-11-21/h5-10,14-15H,2-4,11-13,21H2,1H3. The Labute approximate surface area is 153 Å². The molecular formula is C20H25N3OS. The SMILES string of the molecule is CCCCSc1ccc2nc(-c3ccc(OCCCN)cc3)cn2c1. The number of aromatic nitrogens is 2. The molecule has 0 aliphatic carbocycles. The number of hydrogen-bond donors (Lipinski definition) is 1. The van der Waals surface area contributed by atoms with E-state index in [9.17, 15) is 0 Å². The van der Waals surface area contributed by atoms with Gasteiger partial charge >= 0.3 is 0 Å². The molecule has 132 valence electrons. The van der Waals surface area contributed by atoms with Crippen molar-refractivity contribution in [3.63, 3.8) is 0 Å². The van der Waals surface area contributed by atoms with Crippen molar-refractivity contribution in [2.75, 3.05) is 18.9 Å². The van der Waals surface area contributed by atoms with Crippen LogP contribution in [0.4, 0.5) is 0 Å². The lowest BCUT2D eigenvalue weighted by Gasteiger charge is -2.05.